The van der Waals surface area contributed by atoms with Crippen LogP contribution in [-0.2, 0) is 6.42 Å². The van der Waals surface area contributed by atoms with Crippen molar-refractivity contribution >= 4 is 0 Å². The maximum atomic E-state index is 5.74. The molecule has 0 amide bonds. The van der Waals surface area contributed by atoms with Gasteiger partial charge in [-0.3, -0.25) is 0 Å². The van der Waals surface area contributed by atoms with Crippen LogP contribution in [0.4, 0.5) is 0 Å². The van der Waals surface area contributed by atoms with Crippen LogP contribution in [0.3, 0.4) is 0 Å². The van der Waals surface area contributed by atoms with E-state index in [-0.39, 0.29) is 6.04 Å². The molecule has 4 heteroatoms. The van der Waals surface area contributed by atoms with Gasteiger partial charge in [0.25, 0.3) is 0 Å². The van der Waals surface area contributed by atoms with E-state index in [1.807, 2.05) is 6.07 Å². The molecular weight excluding hydrogens is 226 g/mol. The van der Waals surface area contributed by atoms with E-state index in [9.17, 15) is 0 Å². The molecule has 0 aliphatic carbocycles. The number of hydrogen-bond donors (Lipinski definition) is 3. The lowest BCUT2D eigenvalue weighted by molar-refractivity contribution is 0.411. The summed E-state index contributed by atoms with van der Waals surface area (Å²) in [6.07, 6.45) is 0.994. The van der Waals surface area contributed by atoms with E-state index in [1.54, 1.807) is 7.11 Å². The molecule has 1 aromatic rings. The summed E-state index contributed by atoms with van der Waals surface area (Å²) in [4.78, 5) is 0. The Hall–Kier alpha value is -1.10. The lowest BCUT2D eigenvalue weighted by Gasteiger charge is -2.14. The first kappa shape index (κ1) is 15.0. The van der Waals surface area contributed by atoms with Gasteiger partial charge in [-0.15, -0.1) is 0 Å². The minimum Gasteiger partial charge on any atom is -0.496 e. The summed E-state index contributed by atoms with van der Waals surface area (Å²) in [6, 6.07) is 4.21. The van der Waals surface area contributed by atoms with E-state index in [0.29, 0.717) is 6.54 Å². The largest absolute Gasteiger partial charge is 0.496 e. The molecule has 102 valence electrons. The Morgan fingerprint density at radius 1 is 1.28 bits per heavy atom. The predicted octanol–water partition coefficient (Wildman–Crippen LogP) is 0.730. The molecule has 1 rings (SSSR count). The molecule has 0 spiro atoms. The summed E-state index contributed by atoms with van der Waals surface area (Å²) >= 11 is 0. The van der Waals surface area contributed by atoms with E-state index in [2.05, 4.69) is 25.2 Å². The van der Waals surface area contributed by atoms with Crippen molar-refractivity contribution in [3.63, 3.8) is 0 Å². The van der Waals surface area contributed by atoms with E-state index in [4.69, 9.17) is 16.2 Å². The Labute approximate surface area is 110 Å². The van der Waals surface area contributed by atoms with E-state index in [1.165, 1.54) is 16.7 Å². The molecule has 18 heavy (non-hydrogen) atoms. The van der Waals surface area contributed by atoms with Crippen molar-refractivity contribution in [2.75, 3.05) is 26.7 Å². The molecule has 0 aliphatic rings. The van der Waals surface area contributed by atoms with Gasteiger partial charge in [0, 0.05) is 19.1 Å². The highest BCUT2D eigenvalue weighted by atomic mass is 16.5. The molecule has 0 bridgehead atoms. The minimum absolute atomic E-state index is 0.0451. The standard InChI is InChI=1S/C14H25N3O/c1-10-11(2)14(18-3)5-4-12(10)6-7-17-9-13(16)8-15/h4-5,13,17H,6-9,15-16H2,1-3H3. The molecule has 1 aromatic carbocycles. The van der Waals surface area contributed by atoms with Crippen molar-refractivity contribution < 1.29 is 4.74 Å². The molecule has 1 atom stereocenters. The van der Waals surface area contributed by atoms with E-state index >= 15 is 0 Å². The van der Waals surface area contributed by atoms with Crippen LogP contribution >= 0.6 is 0 Å². The zero-order chi connectivity index (χ0) is 13.5. The van der Waals surface area contributed by atoms with Crippen molar-refractivity contribution in [2.24, 2.45) is 11.5 Å². The Kier molecular flexibility index (Phi) is 6.12. The Balaban J connectivity index is 2.50. The highest BCUT2D eigenvalue weighted by Crippen LogP contribution is 2.23. The predicted molar refractivity (Wildman–Crippen MR) is 76.1 cm³/mol. The van der Waals surface area contributed by atoms with E-state index < -0.39 is 0 Å². The molecule has 1 unspecified atom stereocenters. The van der Waals surface area contributed by atoms with Crippen LogP contribution < -0.4 is 21.5 Å². The van der Waals surface area contributed by atoms with Crippen molar-refractivity contribution in [1.29, 1.82) is 0 Å². The molecule has 0 fully saturated rings. The number of benzene rings is 1. The summed E-state index contributed by atoms with van der Waals surface area (Å²) in [6.45, 7) is 6.44. The van der Waals surface area contributed by atoms with E-state index in [0.717, 1.165) is 25.3 Å². The van der Waals surface area contributed by atoms with Gasteiger partial charge in [0.15, 0.2) is 0 Å². The zero-order valence-electron chi connectivity index (χ0n) is 11.6. The van der Waals surface area contributed by atoms with Crippen LogP contribution in [0.5, 0.6) is 5.75 Å². The van der Waals surface area contributed by atoms with Gasteiger partial charge >= 0.3 is 0 Å². The maximum Gasteiger partial charge on any atom is 0.122 e. The third kappa shape index (κ3) is 3.98. The number of methoxy groups -OCH3 is 1. The Bertz CT molecular complexity index is 380. The topological polar surface area (TPSA) is 73.3 Å². The van der Waals surface area contributed by atoms with Gasteiger partial charge in [0.1, 0.15) is 5.75 Å². The van der Waals surface area contributed by atoms with Crippen LogP contribution in [0.1, 0.15) is 16.7 Å². The number of ether oxygens (including phenoxy) is 1. The fourth-order valence-corrected chi connectivity index (χ4v) is 1.94. The lowest BCUT2D eigenvalue weighted by Crippen LogP contribution is -2.40. The number of nitrogens with one attached hydrogen (secondary N) is 1. The van der Waals surface area contributed by atoms with Gasteiger partial charge < -0.3 is 21.5 Å². The molecule has 0 radical (unpaired) electrons. The smallest absolute Gasteiger partial charge is 0.122 e. The third-order valence-electron chi connectivity index (χ3n) is 3.35. The summed E-state index contributed by atoms with van der Waals surface area (Å²) in [5.41, 5.74) is 15.1. The average molecular weight is 251 g/mol. The highest BCUT2D eigenvalue weighted by Gasteiger charge is 2.06. The maximum absolute atomic E-state index is 5.74. The van der Waals surface area contributed by atoms with Crippen LogP contribution in [0.2, 0.25) is 0 Å². The second kappa shape index (κ2) is 7.36. The fourth-order valence-electron chi connectivity index (χ4n) is 1.94. The monoisotopic (exact) mass is 251 g/mol. The first-order chi connectivity index (χ1) is 8.60. The summed E-state index contributed by atoms with van der Waals surface area (Å²) in [7, 11) is 1.71. The molecule has 5 N–H and O–H groups in total. The third-order valence-corrected chi connectivity index (χ3v) is 3.35. The van der Waals surface area contributed by atoms with Gasteiger partial charge in [-0.05, 0) is 49.6 Å². The van der Waals surface area contributed by atoms with Crippen molar-refractivity contribution in [3.8, 4) is 5.75 Å². The van der Waals surface area contributed by atoms with Gasteiger partial charge in [-0.2, -0.15) is 0 Å². The van der Waals surface area contributed by atoms with Crippen LogP contribution in [0.15, 0.2) is 12.1 Å². The number of hydrogen-bond acceptors (Lipinski definition) is 4. The molecular formula is C14H25N3O. The van der Waals surface area contributed by atoms with Crippen molar-refractivity contribution in [3.05, 3.63) is 28.8 Å². The normalized spacial score (nSPS) is 12.5. The lowest BCUT2D eigenvalue weighted by atomic mass is 10.00. The molecule has 0 saturated heterocycles. The minimum atomic E-state index is 0.0451. The summed E-state index contributed by atoms with van der Waals surface area (Å²) < 4.78 is 5.31. The van der Waals surface area contributed by atoms with Gasteiger partial charge in [-0.25, -0.2) is 0 Å². The Morgan fingerprint density at radius 2 is 2.00 bits per heavy atom. The summed E-state index contributed by atoms with van der Waals surface area (Å²) in [5.74, 6) is 0.953. The molecule has 4 nitrogen and oxygen atoms in total. The Morgan fingerprint density at radius 3 is 2.61 bits per heavy atom. The SMILES string of the molecule is COc1ccc(CCNCC(N)CN)c(C)c1C. The average Bonchev–Trinajstić information content (AvgIpc) is 2.39. The van der Waals surface area contributed by atoms with Crippen molar-refractivity contribution in [1.82, 2.24) is 5.32 Å². The van der Waals surface area contributed by atoms with Gasteiger partial charge in [0.05, 0.1) is 7.11 Å². The van der Waals surface area contributed by atoms with Crippen molar-refractivity contribution in [2.45, 2.75) is 26.3 Å². The molecule has 0 saturated carbocycles. The second-order valence-corrected chi connectivity index (χ2v) is 4.63. The van der Waals surface area contributed by atoms with Crippen LogP contribution in [0.25, 0.3) is 0 Å². The van der Waals surface area contributed by atoms with Gasteiger partial charge in [-0.1, -0.05) is 6.07 Å². The zero-order valence-corrected chi connectivity index (χ0v) is 11.6. The molecule has 0 aliphatic heterocycles. The molecule has 0 aromatic heterocycles. The second-order valence-electron chi connectivity index (χ2n) is 4.63. The van der Waals surface area contributed by atoms with Gasteiger partial charge in [0.2, 0.25) is 0 Å². The molecule has 0 heterocycles. The highest BCUT2D eigenvalue weighted by molar-refractivity contribution is 5.43. The number of nitrogens with two attached hydrogens (primary N) is 2. The summed E-state index contributed by atoms with van der Waals surface area (Å²) in [5, 5.41) is 3.32. The quantitative estimate of drug-likeness (QED) is 0.625. The first-order valence-electron chi connectivity index (χ1n) is 6.39. The van der Waals surface area contributed by atoms with Crippen LogP contribution in [-0.4, -0.2) is 32.8 Å². The first-order valence-corrected chi connectivity index (χ1v) is 6.39. The fraction of sp³-hybridized carbons (Fsp3) is 0.571. The van der Waals surface area contributed by atoms with Crippen LogP contribution in [0, 0.1) is 13.8 Å². The number of rotatable bonds is 7.